The summed E-state index contributed by atoms with van der Waals surface area (Å²) in [7, 11) is 1.56. The molecular formula is C18H13N3O3S. The summed E-state index contributed by atoms with van der Waals surface area (Å²) in [5.74, 6) is 0.392. The maximum atomic E-state index is 12.4. The Morgan fingerprint density at radius 2 is 1.96 bits per heavy atom. The van der Waals surface area contributed by atoms with E-state index in [0.29, 0.717) is 16.5 Å². The summed E-state index contributed by atoms with van der Waals surface area (Å²) in [4.78, 5) is 12.4. The Kier molecular flexibility index (Phi) is 3.91. The molecule has 0 radical (unpaired) electrons. The Balaban J connectivity index is 1.57. The number of para-hydroxylation sites is 1. The van der Waals surface area contributed by atoms with E-state index in [1.54, 1.807) is 19.2 Å². The van der Waals surface area contributed by atoms with Crippen LogP contribution >= 0.6 is 11.3 Å². The van der Waals surface area contributed by atoms with Crippen LogP contribution in [-0.2, 0) is 0 Å². The van der Waals surface area contributed by atoms with Crippen LogP contribution in [0.3, 0.4) is 0 Å². The van der Waals surface area contributed by atoms with Gasteiger partial charge in [0.2, 0.25) is 5.13 Å². The minimum atomic E-state index is -0.381. The van der Waals surface area contributed by atoms with Crippen LogP contribution in [0.2, 0.25) is 0 Å². The molecule has 0 aliphatic heterocycles. The Morgan fingerprint density at radius 3 is 2.76 bits per heavy atom. The van der Waals surface area contributed by atoms with Gasteiger partial charge in [0.25, 0.3) is 5.91 Å². The maximum Gasteiger partial charge on any atom is 0.293 e. The lowest BCUT2D eigenvalue weighted by Gasteiger charge is -1.99. The molecule has 0 fully saturated rings. The van der Waals surface area contributed by atoms with Crippen LogP contribution < -0.4 is 10.1 Å². The largest absolute Gasteiger partial charge is 0.493 e. The van der Waals surface area contributed by atoms with Crippen molar-refractivity contribution >= 4 is 33.3 Å². The number of carbonyl (C=O) groups is 1. The fourth-order valence-electron chi connectivity index (χ4n) is 2.44. The number of hydrogen-bond donors (Lipinski definition) is 1. The van der Waals surface area contributed by atoms with Gasteiger partial charge >= 0.3 is 0 Å². The average molecular weight is 351 g/mol. The number of anilines is 1. The number of benzene rings is 2. The summed E-state index contributed by atoms with van der Waals surface area (Å²) in [6, 6.07) is 16.8. The van der Waals surface area contributed by atoms with Gasteiger partial charge in [-0.05, 0) is 12.1 Å². The fourth-order valence-corrected chi connectivity index (χ4v) is 3.18. The van der Waals surface area contributed by atoms with Gasteiger partial charge in [0.1, 0.15) is 5.01 Å². The van der Waals surface area contributed by atoms with Gasteiger partial charge in [-0.1, -0.05) is 53.8 Å². The van der Waals surface area contributed by atoms with E-state index in [-0.39, 0.29) is 11.7 Å². The van der Waals surface area contributed by atoms with Crippen molar-refractivity contribution in [2.24, 2.45) is 0 Å². The highest BCUT2D eigenvalue weighted by molar-refractivity contribution is 7.18. The minimum Gasteiger partial charge on any atom is -0.493 e. The minimum absolute atomic E-state index is 0.191. The van der Waals surface area contributed by atoms with E-state index in [4.69, 9.17) is 9.15 Å². The van der Waals surface area contributed by atoms with E-state index in [2.05, 4.69) is 15.5 Å². The number of ether oxygens (including phenoxy) is 1. The van der Waals surface area contributed by atoms with Crippen molar-refractivity contribution in [3.63, 3.8) is 0 Å². The van der Waals surface area contributed by atoms with E-state index in [1.807, 2.05) is 42.5 Å². The van der Waals surface area contributed by atoms with Gasteiger partial charge in [-0.15, -0.1) is 10.2 Å². The molecule has 124 valence electrons. The normalized spacial score (nSPS) is 10.8. The summed E-state index contributed by atoms with van der Waals surface area (Å²) >= 11 is 1.30. The summed E-state index contributed by atoms with van der Waals surface area (Å²) in [6.07, 6.45) is 0. The van der Waals surface area contributed by atoms with Gasteiger partial charge in [-0.25, -0.2) is 0 Å². The first kappa shape index (κ1) is 15.3. The van der Waals surface area contributed by atoms with Gasteiger partial charge in [0.05, 0.1) is 7.11 Å². The van der Waals surface area contributed by atoms with Crippen molar-refractivity contribution in [3.8, 4) is 16.3 Å². The van der Waals surface area contributed by atoms with Crippen LogP contribution in [0.15, 0.2) is 59.0 Å². The summed E-state index contributed by atoms with van der Waals surface area (Å²) in [5, 5.41) is 12.8. The second-order valence-electron chi connectivity index (χ2n) is 5.22. The zero-order chi connectivity index (χ0) is 17.2. The van der Waals surface area contributed by atoms with Crippen molar-refractivity contribution in [1.29, 1.82) is 0 Å². The van der Waals surface area contributed by atoms with E-state index in [1.165, 1.54) is 11.3 Å². The number of rotatable bonds is 4. The first-order chi connectivity index (χ1) is 12.2. The second-order valence-corrected chi connectivity index (χ2v) is 6.20. The number of nitrogens with zero attached hydrogens (tertiary/aromatic N) is 2. The molecule has 7 heteroatoms. The lowest BCUT2D eigenvalue weighted by molar-refractivity contribution is 0.0998. The van der Waals surface area contributed by atoms with Crippen molar-refractivity contribution in [1.82, 2.24) is 10.2 Å². The predicted molar refractivity (Wildman–Crippen MR) is 96.1 cm³/mol. The monoisotopic (exact) mass is 351 g/mol. The first-order valence-electron chi connectivity index (χ1n) is 7.51. The molecule has 0 atom stereocenters. The predicted octanol–water partition coefficient (Wildman–Crippen LogP) is 4.21. The summed E-state index contributed by atoms with van der Waals surface area (Å²) in [6.45, 7) is 0. The Morgan fingerprint density at radius 1 is 1.12 bits per heavy atom. The van der Waals surface area contributed by atoms with E-state index in [0.717, 1.165) is 16.0 Å². The molecule has 4 aromatic rings. The number of nitrogens with one attached hydrogen (secondary N) is 1. The molecule has 4 rings (SSSR count). The standard InChI is InChI=1S/C18H13N3O3S/c1-23-13-9-5-8-12-10-14(24-15(12)13)16(22)19-18-21-20-17(25-18)11-6-3-2-4-7-11/h2-10H,1H3,(H,19,21,22). The number of amides is 1. The lowest BCUT2D eigenvalue weighted by Crippen LogP contribution is -2.10. The van der Waals surface area contributed by atoms with Gasteiger partial charge in [0.15, 0.2) is 17.1 Å². The molecule has 0 spiro atoms. The second kappa shape index (κ2) is 6.37. The molecule has 0 unspecified atom stereocenters. The molecule has 1 amide bonds. The third-order valence-electron chi connectivity index (χ3n) is 3.62. The highest BCUT2D eigenvalue weighted by Crippen LogP contribution is 2.30. The molecule has 2 aromatic heterocycles. The molecule has 0 bridgehead atoms. The van der Waals surface area contributed by atoms with E-state index >= 15 is 0 Å². The molecule has 6 nitrogen and oxygen atoms in total. The molecule has 0 saturated carbocycles. The van der Waals surface area contributed by atoms with Crippen LogP contribution in [0.4, 0.5) is 5.13 Å². The molecule has 0 aliphatic carbocycles. The summed E-state index contributed by atoms with van der Waals surface area (Å²) in [5.41, 5.74) is 1.49. The lowest BCUT2D eigenvalue weighted by atomic mass is 10.2. The van der Waals surface area contributed by atoms with Crippen LogP contribution in [0, 0.1) is 0 Å². The van der Waals surface area contributed by atoms with Gasteiger partial charge in [-0.2, -0.15) is 0 Å². The molecule has 0 saturated heterocycles. The number of carbonyl (C=O) groups excluding carboxylic acids is 1. The van der Waals surface area contributed by atoms with E-state index in [9.17, 15) is 4.79 Å². The molecule has 25 heavy (non-hydrogen) atoms. The molecule has 2 aromatic carbocycles. The fraction of sp³-hybridized carbons (Fsp3) is 0.0556. The Bertz CT molecular complexity index is 1040. The molecule has 2 heterocycles. The third-order valence-corrected chi connectivity index (χ3v) is 4.51. The smallest absolute Gasteiger partial charge is 0.293 e. The van der Waals surface area contributed by atoms with Crippen molar-refractivity contribution in [3.05, 3.63) is 60.4 Å². The van der Waals surface area contributed by atoms with Crippen LogP contribution in [0.25, 0.3) is 21.5 Å². The highest BCUT2D eigenvalue weighted by atomic mass is 32.1. The average Bonchev–Trinajstić information content (AvgIpc) is 3.29. The van der Waals surface area contributed by atoms with E-state index < -0.39 is 0 Å². The van der Waals surface area contributed by atoms with Gasteiger partial charge < -0.3 is 9.15 Å². The zero-order valence-electron chi connectivity index (χ0n) is 13.2. The van der Waals surface area contributed by atoms with Crippen molar-refractivity contribution in [2.75, 3.05) is 12.4 Å². The van der Waals surface area contributed by atoms with Gasteiger partial charge in [-0.3, -0.25) is 10.1 Å². The Hall–Kier alpha value is -3.19. The highest BCUT2D eigenvalue weighted by Gasteiger charge is 2.17. The van der Waals surface area contributed by atoms with Crippen LogP contribution in [-0.4, -0.2) is 23.2 Å². The van der Waals surface area contributed by atoms with Crippen molar-refractivity contribution < 1.29 is 13.9 Å². The molecule has 0 aliphatic rings. The number of fused-ring (bicyclic) bond motifs is 1. The van der Waals surface area contributed by atoms with Gasteiger partial charge in [0, 0.05) is 10.9 Å². The summed E-state index contributed by atoms with van der Waals surface area (Å²) < 4.78 is 10.9. The van der Waals surface area contributed by atoms with Crippen LogP contribution in [0.1, 0.15) is 10.6 Å². The third kappa shape index (κ3) is 2.97. The quantitative estimate of drug-likeness (QED) is 0.596. The maximum absolute atomic E-state index is 12.4. The molecule has 1 N–H and O–H groups in total. The zero-order valence-corrected chi connectivity index (χ0v) is 14.0. The van der Waals surface area contributed by atoms with Crippen LogP contribution in [0.5, 0.6) is 5.75 Å². The first-order valence-corrected chi connectivity index (χ1v) is 8.33. The Labute approximate surface area is 147 Å². The molecular weight excluding hydrogens is 338 g/mol. The topological polar surface area (TPSA) is 77.2 Å². The number of hydrogen-bond acceptors (Lipinski definition) is 6. The SMILES string of the molecule is COc1cccc2cc(C(=O)Nc3nnc(-c4ccccc4)s3)oc12. The number of methoxy groups -OCH3 is 1. The number of furan rings is 1. The van der Waals surface area contributed by atoms with Crippen molar-refractivity contribution in [2.45, 2.75) is 0 Å². The number of aromatic nitrogens is 2.